The third-order valence-corrected chi connectivity index (χ3v) is 5.31. The second-order valence-electron chi connectivity index (χ2n) is 6.45. The summed E-state index contributed by atoms with van der Waals surface area (Å²) in [5, 5.41) is 12.2. The van der Waals surface area contributed by atoms with Gasteiger partial charge in [0.2, 0.25) is 12.7 Å². The minimum absolute atomic E-state index is 0.0679. The molecule has 3 heterocycles. The minimum atomic E-state index is -0.0679. The number of nitrogens with zero attached hydrogens (tertiary/aromatic N) is 4. The molecular weight excluding hydrogens is 390 g/mol. The van der Waals surface area contributed by atoms with Gasteiger partial charge in [-0.25, -0.2) is 0 Å². The van der Waals surface area contributed by atoms with Crippen molar-refractivity contribution in [3.8, 4) is 22.9 Å². The van der Waals surface area contributed by atoms with Crippen molar-refractivity contribution in [2.75, 3.05) is 12.5 Å². The maximum Gasteiger partial charge on any atom is 0.231 e. The Balaban J connectivity index is 1.36. The fourth-order valence-electron chi connectivity index (χ4n) is 2.96. The van der Waals surface area contributed by atoms with Crippen molar-refractivity contribution in [2.45, 2.75) is 31.6 Å². The van der Waals surface area contributed by atoms with E-state index >= 15 is 0 Å². The van der Waals surface area contributed by atoms with E-state index in [-0.39, 0.29) is 18.5 Å². The molecule has 0 spiro atoms. The van der Waals surface area contributed by atoms with Gasteiger partial charge in [0.25, 0.3) is 0 Å². The average molecular weight is 411 g/mol. The van der Waals surface area contributed by atoms with Crippen LogP contribution in [0.5, 0.6) is 11.5 Å². The lowest BCUT2D eigenvalue weighted by Crippen LogP contribution is -2.24. The van der Waals surface area contributed by atoms with Crippen LogP contribution in [0, 0.1) is 0 Å². The summed E-state index contributed by atoms with van der Waals surface area (Å²) in [7, 11) is 0. The van der Waals surface area contributed by atoms with Crippen molar-refractivity contribution < 1.29 is 14.3 Å². The van der Waals surface area contributed by atoms with Crippen molar-refractivity contribution in [3.63, 3.8) is 0 Å². The molecular formula is C20H21N5O3S. The van der Waals surface area contributed by atoms with E-state index in [1.807, 2.05) is 34.9 Å². The highest BCUT2D eigenvalue weighted by atomic mass is 32.2. The first kappa shape index (κ1) is 19.3. The Hall–Kier alpha value is -3.07. The largest absolute Gasteiger partial charge is 0.454 e. The van der Waals surface area contributed by atoms with Gasteiger partial charge in [0, 0.05) is 31.0 Å². The summed E-state index contributed by atoms with van der Waals surface area (Å²) >= 11 is 1.38. The van der Waals surface area contributed by atoms with Crippen molar-refractivity contribution in [1.29, 1.82) is 0 Å². The Morgan fingerprint density at radius 1 is 1.24 bits per heavy atom. The number of benzene rings is 1. The monoisotopic (exact) mass is 411 g/mol. The molecule has 9 heteroatoms. The zero-order valence-electron chi connectivity index (χ0n) is 16.0. The fraction of sp³-hybridized carbons (Fsp3) is 0.300. The van der Waals surface area contributed by atoms with Crippen LogP contribution in [-0.2, 0) is 17.9 Å². The molecule has 1 aromatic carbocycles. The summed E-state index contributed by atoms with van der Waals surface area (Å²) in [4.78, 5) is 16.5. The molecule has 4 rings (SSSR count). The smallest absolute Gasteiger partial charge is 0.231 e. The van der Waals surface area contributed by atoms with Gasteiger partial charge < -0.3 is 19.4 Å². The van der Waals surface area contributed by atoms with Crippen LogP contribution in [0.2, 0.25) is 0 Å². The Kier molecular flexibility index (Phi) is 5.95. The van der Waals surface area contributed by atoms with Crippen LogP contribution in [-0.4, -0.2) is 38.2 Å². The molecule has 150 valence electrons. The number of hydrogen-bond acceptors (Lipinski definition) is 7. The molecule has 1 amide bonds. The number of amides is 1. The van der Waals surface area contributed by atoms with E-state index in [1.54, 1.807) is 12.4 Å². The average Bonchev–Trinajstić information content (AvgIpc) is 3.38. The molecule has 1 N–H and O–H groups in total. The molecule has 0 radical (unpaired) electrons. The summed E-state index contributed by atoms with van der Waals surface area (Å²) in [6, 6.07) is 9.48. The molecule has 0 fully saturated rings. The van der Waals surface area contributed by atoms with E-state index in [2.05, 4.69) is 27.4 Å². The first-order chi connectivity index (χ1) is 14.2. The maximum absolute atomic E-state index is 12.3. The SMILES string of the molecule is CCCn1c(SCC(=O)NCc2ccc3c(c2)OCO3)nnc1-c1cccnc1. The molecule has 0 aliphatic carbocycles. The van der Waals surface area contributed by atoms with Gasteiger partial charge in [-0.15, -0.1) is 10.2 Å². The van der Waals surface area contributed by atoms with E-state index in [4.69, 9.17) is 9.47 Å². The Morgan fingerprint density at radius 2 is 2.14 bits per heavy atom. The van der Waals surface area contributed by atoms with Crippen molar-refractivity contribution in [2.24, 2.45) is 0 Å². The standard InChI is InChI=1S/C20H21N5O3S/c1-2-8-25-19(15-4-3-7-21-11-15)23-24-20(25)29-12-18(26)22-10-14-5-6-16-17(9-14)28-13-27-16/h3-7,9,11H,2,8,10,12-13H2,1H3,(H,22,26). The summed E-state index contributed by atoms with van der Waals surface area (Å²) < 4.78 is 12.7. The van der Waals surface area contributed by atoms with Crippen LogP contribution in [0.4, 0.5) is 0 Å². The molecule has 0 atom stereocenters. The second-order valence-corrected chi connectivity index (χ2v) is 7.40. The topological polar surface area (TPSA) is 91.2 Å². The quantitative estimate of drug-likeness (QED) is 0.570. The lowest BCUT2D eigenvalue weighted by molar-refractivity contribution is -0.118. The molecule has 2 aromatic heterocycles. The number of aromatic nitrogens is 4. The third-order valence-electron chi connectivity index (χ3n) is 4.34. The lowest BCUT2D eigenvalue weighted by atomic mass is 10.2. The Morgan fingerprint density at radius 3 is 2.97 bits per heavy atom. The first-order valence-corrected chi connectivity index (χ1v) is 10.3. The summed E-state index contributed by atoms with van der Waals surface area (Å²) in [5.74, 6) is 2.40. The molecule has 0 bridgehead atoms. The number of thioether (sulfide) groups is 1. The first-order valence-electron chi connectivity index (χ1n) is 9.36. The number of ether oxygens (including phenoxy) is 2. The molecule has 1 aliphatic heterocycles. The predicted octanol–water partition coefficient (Wildman–Crippen LogP) is 2.89. The fourth-order valence-corrected chi connectivity index (χ4v) is 3.76. The van der Waals surface area contributed by atoms with Crippen LogP contribution in [0.15, 0.2) is 47.9 Å². The lowest BCUT2D eigenvalue weighted by Gasteiger charge is -2.09. The third kappa shape index (κ3) is 4.51. The Labute approximate surface area is 172 Å². The number of pyridine rings is 1. The Bertz CT molecular complexity index is 993. The molecule has 0 saturated carbocycles. The molecule has 3 aromatic rings. The van der Waals surface area contributed by atoms with Crippen molar-refractivity contribution in [1.82, 2.24) is 25.1 Å². The highest BCUT2D eigenvalue weighted by Crippen LogP contribution is 2.32. The van der Waals surface area contributed by atoms with Gasteiger partial charge in [-0.3, -0.25) is 9.78 Å². The van der Waals surface area contributed by atoms with E-state index in [9.17, 15) is 4.79 Å². The highest BCUT2D eigenvalue weighted by Gasteiger charge is 2.16. The molecule has 0 saturated heterocycles. The number of carbonyl (C=O) groups excluding carboxylic acids is 1. The van der Waals surface area contributed by atoms with E-state index in [0.717, 1.165) is 40.8 Å². The normalized spacial score (nSPS) is 12.2. The number of nitrogens with one attached hydrogen (secondary N) is 1. The van der Waals surface area contributed by atoms with Gasteiger partial charge in [0.15, 0.2) is 22.5 Å². The summed E-state index contributed by atoms with van der Waals surface area (Å²) in [5.41, 5.74) is 1.87. The van der Waals surface area contributed by atoms with Gasteiger partial charge in [-0.05, 0) is 36.2 Å². The predicted molar refractivity (Wildman–Crippen MR) is 109 cm³/mol. The number of carbonyl (C=O) groups is 1. The molecule has 1 aliphatic rings. The zero-order chi connectivity index (χ0) is 20.1. The van der Waals surface area contributed by atoms with E-state index in [0.29, 0.717) is 12.3 Å². The second kappa shape index (κ2) is 8.95. The van der Waals surface area contributed by atoms with Crippen molar-refractivity contribution >= 4 is 17.7 Å². The summed E-state index contributed by atoms with van der Waals surface area (Å²) in [6.45, 7) is 3.54. The zero-order valence-corrected chi connectivity index (χ0v) is 16.8. The van der Waals surface area contributed by atoms with Gasteiger partial charge in [-0.2, -0.15) is 0 Å². The molecule has 8 nitrogen and oxygen atoms in total. The van der Waals surface area contributed by atoms with Crippen LogP contribution in [0.3, 0.4) is 0 Å². The maximum atomic E-state index is 12.3. The van der Waals surface area contributed by atoms with Crippen LogP contribution in [0.25, 0.3) is 11.4 Å². The van der Waals surface area contributed by atoms with Gasteiger partial charge in [0.05, 0.1) is 5.75 Å². The minimum Gasteiger partial charge on any atom is -0.454 e. The highest BCUT2D eigenvalue weighted by molar-refractivity contribution is 7.99. The van der Waals surface area contributed by atoms with Gasteiger partial charge in [-0.1, -0.05) is 24.8 Å². The van der Waals surface area contributed by atoms with Crippen LogP contribution < -0.4 is 14.8 Å². The summed E-state index contributed by atoms with van der Waals surface area (Å²) in [6.07, 6.45) is 4.43. The number of hydrogen-bond donors (Lipinski definition) is 1. The van der Waals surface area contributed by atoms with Gasteiger partial charge in [0.1, 0.15) is 0 Å². The van der Waals surface area contributed by atoms with E-state index in [1.165, 1.54) is 11.8 Å². The van der Waals surface area contributed by atoms with Gasteiger partial charge >= 0.3 is 0 Å². The van der Waals surface area contributed by atoms with Crippen LogP contribution in [0.1, 0.15) is 18.9 Å². The number of rotatable bonds is 8. The molecule has 29 heavy (non-hydrogen) atoms. The molecule has 0 unspecified atom stereocenters. The van der Waals surface area contributed by atoms with E-state index < -0.39 is 0 Å². The van der Waals surface area contributed by atoms with Crippen molar-refractivity contribution in [3.05, 3.63) is 48.3 Å². The number of fused-ring (bicyclic) bond motifs is 1. The van der Waals surface area contributed by atoms with Crippen LogP contribution >= 0.6 is 11.8 Å².